The second-order valence-electron chi connectivity index (χ2n) is 3.83. The van der Waals surface area contributed by atoms with Crippen molar-refractivity contribution in [3.05, 3.63) is 0 Å². The molecule has 0 aromatic carbocycles. The molecule has 0 aliphatic heterocycles. The van der Waals surface area contributed by atoms with E-state index in [1.165, 1.54) is 18.2 Å². The first-order valence-electron chi connectivity index (χ1n) is 5.10. The topological polar surface area (TPSA) is 57.6 Å². The second kappa shape index (κ2) is 4.98. The van der Waals surface area contributed by atoms with Gasteiger partial charge in [-0.1, -0.05) is 19.3 Å². The fourth-order valence-electron chi connectivity index (χ4n) is 2.04. The number of rotatable bonds is 3. The Labute approximate surface area is 83.9 Å². The molecule has 4 nitrogen and oxygen atoms in total. The van der Waals surface area contributed by atoms with E-state index in [0.717, 1.165) is 25.7 Å². The van der Waals surface area contributed by atoms with E-state index < -0.39 is 5.97 Å². The smallest absolute Gasteiger partial charge is 0.323 e. The zero-order chi connectivity index (χ0) is 10.6. The summed E-state index contributed by atoms with van der Waals surface area (Å²) < 4.78 is 0. The van der Waals surface area contributed by atoms with Gasteiger partial charge in [0, 0.05) is 13.0 Å². The number of hydrogen-bond acceptors (Lipinski definition) is 2. The molecular formula is C10H17NO3. The summed E-state index contributed by atoms with van der Waals surface area (Å²) >= 11 is 0. The minimum Gasteiger partial charge on any atom is -0.480 e. The number of carboxylic acid groups (broad SMARTS) is 1. The van der Waals surface area contributed by atoms with E-state index >= 15 is 0 Å². The van der Waals surface area contributed by atoms with Gasteiger partial charge in [0.1, 0.15) is 6.54 Å². The highest BCUT2D eigenvalue weighted by atomic mass is 16.4. The van der Waals surface area contributed by atoms with Crippen LogP contribution >= 0.6 is 0 Å². The Balaban J connectivity index is 2.56. The maximum absolute atomic E-state index is 11.2. The molecule has 0 heterocycles. The average molecular weight is 199 g/mol. The number of carbonyl (C=O) groups excluding carboxylic acids is 1. The van der Waals surface area contributed by atoms with E-state index in [9.17, 15) is 9.59 Å². The molecule has 0 atom stereocenters. The molecule has 14 heavy (non-hydrogen) atoms. The third-order valence-corrected chi connectivity index (χ3v) is 2.73. The minimum absolute atomic E-state index is 0.126. The van der Waals surface area contributed by atoms with Crippen molar-refractivity contribution in [1.29, 1.82) is 0 Å². The second-order valence-corrected chi connectivity index (χ2v) is 3.83. The molecule has 80 valence electrons. The van der Waals surface area contributed by atoms with E-state index in [-0.39, 0.29) is 18.5 Å². The Kier molecular flexibility index (Phi) is 3.92. The summed E-state index contributed by atoms with van der Waals surface area (Å²) in [6.45, 7) is 1.29. The lowest BCUT2D eigenvalue weighted by Gasteiger charge is -2.32. The molecule has 1 fully saturated rings. The predicted octanol–water partition coefficient (Wildman–Crippen LogP) is 1.25. The molecule has 0 radical (unpaired) electrons. The molecular weight excluding hydrogens is 182 g/mol. The molecule has 1 amide bonds. The minimum atomic E-state index is -0.925. The van der Waals surface area contributed by atoms with Gasteiger partial charge in [-0.25, -0.2) is 0 Å². The van der Waals surface area contributed by atoms with Crippen molar-refractivity contribution in [3.63, 3.8) is 0 Å². The van der Waals surface area contributed by atoms with Crippen LogP contribution in [0.1, 0.15) is 39.0 Å². The van der Waals surface area contributed by atoms with Crippen LogP contribution in [0.25, 0.3) is 0 Å². The first-order valence-corrected chi connectivity index (χ1v) is 5.10. The molecule has 0 bridgehead atoms. The number of aliphatic carboxylic acids is 1. The van der Waals surface area contributed by atoms with Crippen LogP contribution in [0.5, 0.6) is 0 Å². The Morgan fingerprint density at radius 2 is 1.86 bits per heavy atom. The van der Waals surface area contributed by atoms with E-state index in [1.807, 2.05) is 0 Å². The molecule has 4 heteroatoms. The molecule has 0 spiro atoms. The zero-order valence-corrected chi connectivity index (χ0v) is 8.53. The highest BCUT2D eigenvalue weighted by molar-refractivity contribution is 5.79. The standard InChI is InChI=1S/C10H17NO3/c1-8(12)11(7-10(13)14)9-5-3-2-4-6-9/h9H,2-7H2,1H3,(H,13,14). The van der Waals surface area contributed by atoms with Crippen molar-refractivity contribution >= 4 is 11.9 Å². The van der Waals surface area contributed by atoms with E-state index in [1.54, 1.807) is 0 Å². The maximum Gasteiger partial charge on any atom is 0.323 e. The fourth-order valence-corrected chi connectivity index (χ4v) is 2.04. The van der Waals surface area contributed by atoms with E-state index in [0.29, 0.717) is 0 Å². The zero-order valence-electron chi connectivity index (χ0n) is 8.53. The summed E-state index contributed by atoms with van der Waals surface area (Å²) in [6, 6.07) is 0.150. The third kappa shape index (κ3) is 3.01. The van der Waals surface area contributed by atoms with E-state index in [4.69, 9.17) is 5.11 Å². The monoisotopic (exact) mass is 199 g/mol. The van der Waals surface area contributed by atoms with E-state index in [2.05, 4.69) is 0 Å². The van der Waals surface area contributed by atoms with Gasteiger partial charge < -0.3 is 10.0 Å². The van der Waals surface area contributed by atoms with Crippen molar-refractivity contribution < 1.29 is 14.7 Å². The summed E-state index contributed by atoms with van der Waals surface area (Å²) in [5.41, 5.74) is 0. The largest absolute Gasteiger partial charge is 0.480 e. The van der Waals surface area contributed by atoms with Crippen LogP contribution in [0.3, 0.4) is 0 Å². The summed E-state index contributed by atoms with van der Waals surface area (Å²) in [7, 11) is 0. The van der Waals surface area contributed by atoms with Gasteiger partial charge in [0.2, 0.25) is 5.91 Å². The van der Waals surface area contributed by atoms with Gasteiger partial charge >= 0.3 is 5.97 Å². The van der Waals surface area contributed by atoms with Crippen LogP contribution in [0.4, 0.5) is 0 Å². The van der Waals surface area contributed by atoms with Crippen LogP contribution in [0.15, 0.2) is 0 Å². The van der Waals surface area contributed by atoms with Gasteiger partial charge in [0.05, 0.1) is 0 Å². The third-order valence-electron chi connectivity index (χ3n) is 2.73. The lowest BCUT2D eigenvalue weighted by atomic mass is 9.94. The summed E-state index contributed by atoms with van der Waals surface area (Å²) in [5, 5.41) is 8.67. The molecule has 0 aromatic rings. The molecule has 1 aliphatic carbocycles. The van der Waals surface area contributed by atoms with Gasteiger partial charge in [-0.2, -0.15) is 0 Å². The molecule has 1 N–H and O–H groups in total. The number of carbonyl (C=O) groups is 2. The molecule has 1 aliphatic rings. The van der Waals surface area contributed by atoms with Crippen LogP contribution < -0.4 is 0 Å². The van der Waals surface area contributed by atoms with Crippen molar-refractivity contribution in [2.24, 2.45) is 0 Å². The van der Waals surface area contributed by atoms with Gasteiger partial charge in [0.15, 0.2) is 0 Å². The highest BCUT2D eigenvalue weighted by Crippen LogP contribution is 2.22. The Morgan fingerprint density at radius 1 is 1.29 bits per heavy atom. The summed E-state index contributed by atoms with van der Waals surface area (Å²) in [6.07, 6.45) is 5.32. The summed E-state index contributed by atoms with van der Waals surface area (Å²) in [4.78, 5) is 23.3. The quantitative estimate of drug-likeness (QED) is 0.744. The van der Waals surface area contributed by atoms with Gasteiger partial charge in [0.25, 0.3) is 0 Å². The first-order chi connectivity index (χ1) is 6.61. The van der Waals surface area contributed by atoms with Gasteiger partial charge in [-0.15, -0.1) is 0 Å². The lowest BCUT2D eigenvalue weighted by molar-refractivity contribution is -0.145. The SMILES string of the molecule is CC(=O)N(CC(=O)O)C1CCCCC1. The number of carboxylic acids is 1. The summed E-state index contributed by atoms with van der Waals surface area (Å²) in [5.74, 6) is -1.05. The fraction of sp³-hybridized carbons (Fsp3) is 0.800. The van der Waals surface area contributed by atoms with Crippen LogP contribution in [-0.4, -0.2) is 34.5 Å². The number of amides is 1. The Bertz CT molecular complexity index is 221. The van der Waals surface area contributed by atoms with Crippen molar-refractivity contribution in [2.75, 3.05) is 6.54 Å². The molecule has 1 rings (SSSR count). The van der Waals surface area contributed by atoms with Crippen molar-refractivity contribution in [2.45, 2.75) is 45.1 Å². The Hall–Kier alpha value is -1.06. The first kappa shape index (κ1) is 11.0. The van der Waals surface area contributed by atoms with Crippen LogP contribution in [0.2, 0.25) is 0 Å². The van der Waals surface area contributed by atoms with Gasteiger partial charge in [-0.05, 0) is 12.8 Å². The van der Waals surface area contributed by atoms with Crippen LogP contribution in [-0.2, 0) is 9.59 Å². The van der Waals surface area contributed by atoms with Crippen molar-refractivity contribution in [1.82, 2.24) is 4.90 Å². The van der Waals surface area contributed by atoms with Crippen LogP contribution in [0, 0.1) is 0 Å². The normalized spacial score (nSPS) is 17.8. The molecule has 0 unspecified atom stereocenters. The predicted molar refractivity (Wildman–Crippen MR) is 51.9 cm³/mol. The Morgan fingerprint density at radius 3 is 2.29 bits per heavy atom. The molecule has 0 saturated heterocycles. The number of nitrogens with zero attached hydrogens (tertiary/aromatic N) is 1. The van der Waals surface area contributed by atoms with Crippen molar-refractivity contribution in [3.8, 4) is 0 Å². The lowest BCUT2D eigenvalue weighted by Crippen LogP contribution is -2.43. The maximum atomic E-state index is 11.2. The van der Waals surface area contributed by atoms with Gasteiger partial charge in [-0.3, -0.25) is 9.59 Å². The molecule has 1 saturated carbocycles. The average Bonchev–Trinajstić information content (AvgIpc) is 2.15. The highest BCUT2D eigenvalue weighted by Gasteiger charge is 2.24. The number of hydrogen-bond donors (Lipinski definition) is 1. The molecule has 0 aromatic heterocycles.